The Morgan fingerprint density at radius 1 is 1.05 bits per heavy atom. The van der Waals surface area contributed by atoms with Crippen LogP contribution in [0, 0.1) is 0 Å². The first-order chi connectivity index (χ1) is 9.83. The van der Waals surface area contributed by atoms with Gasteiger partial charge in [-0.3, -0.25) is 0 Å². The molecule has 0 spiro atoms. The number of fused-ring (bicyclic) bond motifs is 3. The van der Waals surface area contributed by atoms with Crippen LogP contribution in [-0.2, 0) is 13.0 Å². The molecule has 0 fully saturated rings. The Morgan fingerprint density at radius 3 is 2.75 bits per heavy atom. The fourth-order valence-corrected chi connectivity index (χ4v) is 3.71. The van der Waals surface area contributed by atoms with Gasteiger partial charge in [-0.2, -0.15) is 0 Å². The van der Waals surface area contributed by atoms with Crippen LogP contribution in [0.4, 0.5) is 5.69 Å². The normalized spacial score (nSPS) is 21.1. The third kappa shape index (κ3) is 1.83. The third-order valence-corrected chi connectivity index (χ3v) is 4.66. The maximum absolute atomic E-state index is 3.50. The summed E-state index contributed by atoms with van der Waals surface area (Å²) in [5, 5.41) is 3.50. The maximum Gasteiger partial charge on any atom is 0.0376 e. The van der Waals surface area contributed by atoms with Gasteiger partial charge in [0.15, 0.2) is 0 Å². The lowest BCUT2D eigenvalue weighted by atomic mass is 9.82. The minimum Gasteiger partial charge on any atom is -0.384 e. The average Bonchev–Trinajstić information content (AvgIpc) is 2.96. The molecule has 2 nitrogen and oxygen atoms in total. The number of anilines is 1. The molecule has 0 saturated carbocycles. The van der Waals surface area contributed by atoms with E-state index >= 15 is 0 Å². The van der Waals surface area contributed by atoms with Crippen molar-refractivity contribution in [3.05, 3.63) is 64.7 Å². The summed E-state index contributed by atoms with van der Waals surface area (Å²) < 4.78 is 0. The standard InChI is InChI=1S/C18H20N2/c1-20-11-16(13-5-3-2-4-6-13)14-7-8-18-15(9-10-19-18)17(14)12-20/h2-8,16,19H,9-12H2,1H3. The summed E-state index contributed by atoms with van der Waals surface area (Å²) in [5.41, 5.74) is 7.44. The lowest BCUT2D eigenvalue weighted by molar-refractivity contribution is 0.294. The van der Waals surface area contributed by atoms with Gasteiger partial charge in [0.2, 0.25) is 0 Å². The van der Waals surface area contributed by atoms with E-state index < -0.39 is 0 Å². The summed E-state index contributed by atoms with van der Waals surface area (Å²) in [4.78, 5) is 2.46. The fraction of sp³-hybridized carbons (Fsp3) is 0.333. The van der Waals surface area contributed by atoms with E-state index in [1.54, 1.807) is 11.1 Å². The molecule has 20 heavy (non-hydrogen) atoms. The van der Waals surface area contributed by atoms with E-state index in [9.17, 15) is 0 Å². The average molecular weight is 264 g/mol. The number of rotatable bonds is 1. The van der Waals surface area contributed by atoms with Crippen LogP contribution >= 0.6 is 0 Å². The highest BCUT2D eigenvalue weighted by atomic mass is 15.1. The van der Waals surface area contributed by atoms with Crippen LogP contribution in [0.25, 0.3) is 0 Å². The van der Waals surface area contributed by atoms with Gasteiger partial charge in [0.05, 0.1) is 0 Å². The van der Waals surface area contributed by atoms with Gasteiger partial charge in [-0.25, -0.2) is 0 Å². The molecule has 1 atom stereocenters. The summed E-state index contributed by atoms with van der Waals surface area (Å²) >= 11 is 0. The van der Waals surface area contributed by atoms with Crippen molar-refractivity contribution in [1.82, 2.24) is 4.90 Å². The van der Waals surface area contributed by atoms with E-state index in [0.29, 0.717) is 5.92 Å². The first-order valence-electron chi connectivity index (χ1n) is 7.45. The number of likely N-dealkylation sites (N-methyl/N-ethyl adjacent to an activating group) is 1. The quantitative estimate of drug-likeness (QED) is 0.850. The van der Waals surface area contributed by atoms with Gasteiger partial charge in [-0.15, -0.1) is 0 Å². The Bertz CT molecular complexity index is 633. The zero-order chi connectivity index (χ0) is 13.5. The van der Waals surface area contributed by atoms with Crippen molar-refractivity contribution in [3.63, 3.8) is 0 Å². The largest absolute Gasteiger partial charge is 0.384 e. The van der Waals surface area contributed by atoms with Crippen molar-refractivity contribution in [2.75, 3.05) is 25.5 Å². The predicted octanol–water partition coefficient (Wildman–Crippen LogP) is 3.23. The molecule has 102 valence electrons. The van der Waals surface area contributed by atoms with Crippen molar-refractivity contribution in [3.8, 4) is 0 Å². The Morgan fingerprint density at radius 2 is 1.90 bits per heavy atom. The third-order valence-electron chi connectivity index (χ3n) is 4.66. The Labute approximate surface area is 120 Å². The number of hydrogen-bond donors (Lipinski definition) is 1. The summed E-state index contributed by atoms with van der Waals surface area (Å²) in [6.45, 7) is 3.29. The monoisotopic (exact) mass is 264 g/mol. The van der Waals surface area contributed by atoms with Crippen LogP contribution in [0.3, 0.4) is 0 Å². The molecule has 2 aliphatic heterocycles. The Kier molecular flexibility index (Phi) is 2.78. The second-order valence-corrected chi connectivity index (χ2v) is 6.00. The molecule has 2 aromatic rings. The molecule has 2 heterocycles. The molecule has 2 heteroatoms. The minimum absolute atomic E-state index is 0.510. The van der Waals surface area contributed by atoms with E-state index in [1.165, 1.54) is 23.2 Å². The molecule has 0 aromatic heterocycles. The number of nitrogens with zero attached hydrogens (tertiary/aromatic N) is 1. The molecule has 0 radical (unpaired) electrons. The molecular formula is C18H20N2. The smallest absolute Gasteiger partial charge is 0.0376 e. The first kappa shape index (κ1) is 12.0. The molecule has 2 aliphatic rings. The van der Waals surface area contributed by atoms with Crippen molar-refractivity contribution in [2.45, 2.75) is 18.9 Å². The highest BCUT2D eigenvalue weighted by Crippen LogP contribution is 2.38. The summed E-state index contributed by atoms with van der Waals surface area (Å²) in [5.74, 6) is 0.510. The highest BCUT2D eigenvalue weighted by molar-refractivity contribution is 5.62. The van der Waals surface area contributed by atoms with Gasteiger partial charge in [0.25, 0.3) is 0 Å². The maximum atomic E-state index is 3.50. The molecule has 1 N–H and O–H groups in total. The first-order valence-corrected chi connectivity index (χ1v) is 7.45. The SMILES string of the molecule is CN1Cc2c(ccc3c2CCN3)C(c2ccccc2)C1. The summed E-state index contributed by atoms with van der Waals surface area (Å²) in [7, 11) is 2.24. The molecule has 1 unspecified atom stereocenters. The Balaban J connectivity index is 1.86. The van der Waals surface area contributed by atoms with Crippen molar-refractivity contribution in [1.29, 1.82) is 0 Å². The molecule has 2 aromatic carbocycles. The molecular weight excluding hydrogens is 244 g/mol. The summed E-state index contributed by atoms with van der Waals surface area (Å²) in [6.07, 6.45) is 1.17. The number of hydrogen-bond acceptors (Lipinski definition) is 2. The van der Waals surface area contributed by atoms with Crippen molar-refractivity contribution >= 4 is 5.69 Å². The van der Waals surface area contributed by atoms with E-state index in [2.05, 4.69) is 59.7 Å². The topological polar surface area (TPSA) is 15.3 Å². The lowest BCUT2D eigenvalue weighted by Crippen LogP contribution is -2.31. The van der Waals surface area contributed by atoms with Gasteiger partial charge < -0.3 is 10.2 Å². The van der Waals surface area contributed by atoms with Crippen molar-refractivity contribution < 1.29 is 0 Å². The van der Waals surface area contributed by atoms with Gasteiger partial charge in [-0.1, -0.05) is 36.4 Å². The van der Waals surface area contributed by atoms with Crippen LogP contribution < -0.4 is 5.32 Å². The van der Waals surface area contributed by atoms with Gasteiger partial charge in [0.1, 0.15) is 0 Å². The second kappa shape index (κ2) is 4.64. The molecule has 0 amide bonds. The van der Waals surface area contributed by atoms with Crippen LogP contribution in [0.2, 0.25) is 0 Å². The number of benzene rings is 2. The molecule has 0 bridgehead atoms. The van der Waals surface area contributed by atoms with Gasteiger partial charge >= 0.3 is 0 Å². The van der Waals surface area contributed by atoms with Crippen LogP contribution in [0.5, 0.6) is 0 Å². The van der Waals surface area contributed by atoms with E-state index in [4.69, 9.17) is 0 Å². The molecule has 0 aliphatic carbocycles. The molecule has 0 saturated heterocycles. The zero-order valence-corrected chi connectivity index (χ0v) is 11.9. The minimum atomic E-state index is 0.510. The van der Waals surface area contributed by atoms with Crippen molar-refractivity contribution in [2.24, 2.45) is 0 Å². The van der Waals surface area contributed by atoms with E-state index in [-0.39, 0.29) is 0 Å². The van der Waals surface area contributed by atoms with Crippen LogP contribution in [0.1, 0.15) is 28.2 Å². The molecule has 4 rings (SSSR count). The van der Waals surface area contributed by atoms with E-state index in [1.807, 2.05) is 0 Å². The summed E-state index contributed by atoms with van der Waals surface area (Å²) in [6, 6.07) is 15.6. The van der Waals surface area contributed by atoms with Crippen LogP contribution in [0.15, 0.2) is 42.5 Å². The van der Waals surface area contributed by atoms with Crippen LogP contribution in [-0.4, -0.2) is 25.0 Å². The predicted molar refractivity (Wildman–Crippen MR) is 83.3 cm³/mol. The highest BCUT2D eigenvalue weighted by Gasteiger charge is 2.28. The zero-order valence-electron chi connectivity index (χ0n) is 11.9. The Hall–Kier alpha value is -1.80. The fourth-order valence-electron chi connectivity index (χ4n) is 3.71. The second-order valence-electron chi connectivity index (χ2n) is 6.00. The number of nitrogens with one attached hydrogen (secondary N) is 1. The lowest BCUT2D eigenvalue weighted by Gasteiger charge is -2.34. The van der Waals surface area contributed by atoms with Gasteiger partial charge in [0, 0.05) is 31.2 Å². The van der Waals surface area contributed by atoms with Gasteiger partial charge in [-0.05, 0) is 41.8 Å². The van der Waals surface area contributed by atoms with E-state index in [0.717, 1.165) is 19.6 Å².